The minimum Gasteiger partial charge on any atom is -0.336 e. The van der Waals surface area contributed by atoms with E-state index >= 15 is 0 Å². The van der Waals surface area contributed by atoms with Gasteiger partial charge in [-0.1, -0.05) is 37.3 Å². The third kappa shape index (κ3) is 2.61. The monoisotopic (exact) mass is 218 g/mol. The van der Waals surface area contributed by atoms with Crippen molar-refractivity contribution in [1.82, 2.24) is 9.80 Å². The standard InChI is InChI=1S/C13H18N2O/c1-2-14-8-9-15(13(16)11-14)10-12-6-4-3-5-7-12/h3-7H,2,8-11H2,1H3. The maximum Gasteiger partial charge on any atom is 0.237 e. The molecule has 1 aromatic rings. The summed E-state index contributed by atoms with van der Waals surface area (Å²) in [7, 11) is 0. The van der Waals surface area contributed by atoms with E-state index in [2.05, 4.69) is 24.0 Å². The second kappa shape index (κ2) is 5.12. The highest BCUT2D eigenvalue weighted by molar-refractivity contribution is 5.79. The van der Waals surface area contributed by atoms with Crippen LogP contribution >= 0.6 is 0 Å². The van der Waals surface area contributed by atoms with Gasteiger partial charge in [-0.25, -0.2) is 0 Å². The number of carbonyl (C=O) groups is 1. The molecule has 0 N–H and O–H groups in total. The summed E-state index contributed by atoms with van der Waals surface area (Å²) in [5.41, 5.74) is 1.21. The fraction of sp³-hybridized carbons (Fsp3) is 0.462. The number of likely N-dealkylation sites (N-methyl/N-ethyl adjacent to an activating group) is 1. The molecule has 0 atom stereocenters. The number of hydrogen-bond donors (Lipinski definition) is 0. The predicted molar refractivity (Wildman–Crippen MR) is 64.0 cm³/mol. The fourth-order valence-corrected chi connectivity index (χ4v) is 2.00. The van der Waals surface area contributed by atoms with Crippen molar-refractivity contribution in [2.45, 2.75) is 13.5 Å². The highest BCUT2D eigenvalue weighted by Gasteiger charge is 2.22. The molecule has 1 saturated heterocycles. The Morgan fingerprint density at radius 1 is 1.19 bits per heavy atom. The van der Waals surface area contributed by atoms with Crippen LogP contribution in [0.1, 0.15) is 12.5 Å². The third-order valence-electron chi connectivity index (χ3n) is 3.06. The second-order valence-corrected chi connectivity index (χ2v) is 4.17. The van der Waals surface area contributed by atoms with Gasteiger partial charge in [0.1, 0.15) is 0 Å². The molecular weight excluding hydrogens is 200 g/mol. The first-order chi connectivity index (χ1) is 7.79. The van der Waals surface area contributed by atoms with Gasteiger partial charge in [0.25, 0.3) is 0 Å². The minimum absolute atomic E-state index is 0.247. The van der Waals surface area contributed by atoms with Gasteiger partial charge in [-0.2, -0.15) is 0 Å². The Bertz CT molecular complexity index is 350. The maximum absolute atomic E-state index is 11.9. The van der Waals surface area contributed by atoms with Crippen LogP contribution in [-0.4, -0.2) is 41.9 Å². The first kappa shape index (κ1) is 11.1. The lowest BCUT2D eigenvalue weighted by Crippen LogP contribution is -2.49. The quantitative estimate of drug-likeness (QED) is 0.764. The lowest BCUT2D eigenvalue weighted by Gasteiger charge is -2.33. The molecule has 3 heteroatoms. The van der Waals surface area contributed by atoms with Gasteiger partial charge < -0.3 is 4.90 Å². The molecule has 3 nitrogen and oxygen atoms in total. The summed E-state index contributed by atoms with van der Waals surface area (Å²) in [6.45, 7) is 6.22. The van der Waals surface area contributed by atoms with Gasteiger partial charge in [-0.15, -0.1) is 0 Å². The van der Waals surface area contributed by atoms with E-state index in [4.69, 9.17) is 0 Å². The molecule has 86 valence electrons. The van der Waals surface area contributed by atoms with E-state index in [1.165, 1.54) is 5.56 Å². The van der Waals surface area contributed by atoms with E-state index in [1.807, 2.05) is 23.1 Å². The van der Waals surface area contributed by atoms with E-state index in [-0.39, 0.29) is 5.91 Å². The van der Waals surface area contributed by atoms with E-state index < -0.39 is 0 Å². The number of rotatable bonds is 3. The number of nitrogens with zero attached hydrogens (tertiary/aromatic N) is 2. The lowest BCUT2D eigenvalue weighted by atomic mass is 10.2. The van der Waals surface area contributed by atoms with Crippen LogP contribution in [-0.2, 0) is 11.3 Å². The molecule has 2 rings (SSSR count). The molecule has 0 saturated carbocycles. The highest BCUT2D eigenvalue weighted by atomic mass is 16.2. The van der Waals surface area contributed by atoms with Crippen LogP contribution in [0.15, 0.2) is 30.3 Å². The Balaban J connectivity index is 1.94. The molecule has 0 aliphatic carbocycles. The van der Waals surface area contributed by atoms with Crippen molar-refractivity contribution < 1.29 is 4.79 Å². The van der Waals surface area contributed by atoms with Crippen LogP contribution in [0.5, 0.6) is 0 Å². The Morgan fingerprint density at radius 2 is 1.94 bits per heavy atom. The van der Waals surface area contributed by atoms with Crippen molar-refractivity contribution in [2.24, 2.45) is 0 Å². The molecule has 1 amide bonds. The molecule has 1 heterocycles. The summed E-state index contributed by atoms with van der Waals surface area (Å²) < 4.78 is 0. The topological polar surface area (TPSA) is 23.6 Å². The molecule has 0 bridgehead atoms. The fourth-order valence-electron chi connectivity index (χ4n) is 2.00. The number of piperazine rings is 1. The molecule has 1 aliphatic heterocycles. The zero-order valence-corrected chi connectivity index (χ0v) is 9.72. The van der Waals surface area contributed by atoms with E-state index in [0.29, 0.717) is 6.54 Å². The SMILES string of the molecule is CCN1CCN(Cc2ccccc2)C(=O)C1. The van der Waals surface area contributed by atoms with Crippen LogP contribution < -0.4 is 0 Å². The van der Waals surface area contributed by atoms with Crippen molar-refractivity contribution in [1.29, 1.82) is 0 Å². The first-order valence-electron chi connectivity index (χ1n) is 5.83. The molecule has 0 spiro atoms. The first-order valence-corrected chi connectivity index (χ1v) is 5.83. The van der Waals surface area contributed by atoms with E-state index in [9.17, 15) is 4.79 Å². The largest absolute Gasteiger partial charge is 0.336 e. The molecule has 0 radical (unpaired) electrons. The van der Waals surface area contributed by atoms with Gasteiger partial charge >= 0.3 is 0 Å². The predicted octanol–water partition coefficient (Wildman–Crippen LogP) is 1.35. The van der Waals surface area contributed by atoms with Gasteiger partial charge in [0.2, 0.25) is 5.91 Å². The third-order valence-corrected chi connectivity index (χ3v) is 3.06. The molecule has 1 fully saturated rings. The molecule has 0 aromatic heterocycles. The van der Waals surface area contributed by atoms with Crippen LogP contribution in [0.2, 0.25) is 0 Å². The molecule has 0 unspecified atom stereocenters. The highest BCUT2D eigenvalue weighted by Crippen LogP contribution is 2.09. The normalized spacial score (nSPS) is 17.8. The Morgan fingerprint density at radius 3 is 2.56 bits per heavy atom. The van der Waals surface area contributed by atoms with E-state index in [1.54, 1.807) is 0 Å². The van der Waals surface area contributed by atoms with Crippen molar-refractivity contribution in [3.63, 3.8) is 0 Å². The van der Waals surface area contributed by atoms with Gasteiger partial charge in [0.05, 0.1) is 6.54 Å². The van der Waals surface area contributed by atoms with Gasteiger partial charge in [-0.05, 0) is 12.1 Å². The van der Waals surface area contributed by atoms with Crippen LogP contribution in [0.3, 0.4) is 0 Å². The van der Waals surface area contributed by atoms with Crippen molar-refractivity contribution in [3.8, 4) is 0 Å². The van der Waals surface area contributed by atoms with Crippen LogP contribution in [0.4, 0.5) is 0 Å². The summed E-state index contributed by atoms with van der Waals surface area (Å²) >= 11 is 0. The molecular formula is C13H18N2O. The zero-order chi connectivity index (χ0) is 11.4. The Kier molecular flexibility index (Phi) is 3.57. The maximum atomic E-state index is 11.9. The summed E-state index contributed by atoms with van der Waals surface area (Å²) in [5.74, 6) is 0.247. The second-order valence-electron chi connectivity index (χ2n) is 4.17. The van der Waals surface area contributed by atoms with Gasteiger partial charge in [-0.3, -0.25) is 9.69 Å². The van der Waals surface area contributed by atoms with Gasteiger partial charge in [0, 0.05) is 19.6 Å². The number of amides is 1. The minimum atomic E-state index is 0.247. The lowest BCUT2D eigenvalue weighted by molar-refractivity contribution is -0.136. The number of carbonyl (C=O) groups excluding carboxylic acids is 1. The number of hydrogen-bond acceptors (Lipinski definition) is 2. The average molecular weight is 218 g/mol. The Hall–Kier alpha value is -1.35. The van der Waals surface area contributed by atoms with Crippen molar-refractivity contribution >= 4 is 5.91 Å². The molecule has 1 aliphatic rings. The molecule has 1 aromatic carbocycles. The smallest absolute Gasteiger partial charge is 0.237 e. The average Bonchev–Trinajstić information content (AvgIpc) is 2.33. The van der Waals surface area contributed by atoms with E-state index in [0.717, 1.165) is 26.2 Å². The summed E-state index contributed by atoms with van der Waals surface area (Å²) in [6.07, 6.45) is 0. The molecule has 16 heavy (non-hydrogen) atoms. The zero-order valence-electron chi connectivity index (χ0n) is 9.72. The van der Waals surface area contributed by atoms with Crippen LogP contribution in [0, 0.1) is 0 Å². The van der Waals surface area contributed by atoms with Crippen LogP contribution in [0.25, 0.3) is 0 Å². The van der Waals surface area contributed by atoms with Crippen molar-refractivity contribution in [2.75, 3.05) is 26.2 Å². The summed E-state index contributed by atoms with van der Waals surface area (Å²) in [4.78, 5) is 16.0. The summed E-state index contributed by atoms with van der Waals surface area (Å²) in [5, 5.41) is 0. The van der Waals surface area contributed by atoms with Gasteiger partial charge in [0.15, 0.2) is 0 Å². The summed E-state index contributed by atoms with van der Waals surface area (Å²) in [6, 6.07) is 10.2. The van der Waals surface area contributed by atoms with Crippen molar-refractivity contribution in [3.05, 3.63) is 35.9 Å². The number of benzene rings is 1. The Labute approximate surface area is 96.7 Å².